The monoisotopic (exact) mass is 558 g/mol. The summed E-state index contributed by atoms with van der Waals surface area (Å²) in [6, 6.07) is 21.1. The van der Waals surface area contributed by atoms with Crippen molar-refractivity contribution < 1.29 is 19.1 Å². The second-order valence-corrected chi connectivity index (χ2v) is 11.9. The number of nitrogens with one attached hydrogen (secondary N) is 1. The van der Waals surface area contributed by atoms with Crippen LogP contribution in [0.4, 0.5) is 5.69 Å². The van der Waals surface area contributed by atoms with Crippen LogP contribution in [0.3, 0.4) is 0 Å². The number of thiazole rings is 1. The number of aryl methyl sites for hydroxylation is 2. The van der Waals surface area contributed by atoms with Crippen LogP contribution in [0, 0.1) is 19.8 Å². The Morgan fingerprint density at radius 2 is 1.56 bits per heavy atom. The minimum atomic E-state index is -0.660. The van der Waals surface area contributed by atoms with E-state index >= 15 is 0 Å². The first-order valence-corrected chi connectivity index (χ1v) is 14.2. The van der Waals surface area contributed by atoms with Crippen molar-refractivity contribution in [2.24, 2.45) is 5.92 Å². The van der Waals surface area contributed by atoms with E-state index in [1.165, 1.54) is 22.2 Å². The smallest absolute Gasteiger partial charge is 0.305 e. The second-order valence-electron chi connectivity index (χ2n) is 9.78. The molecule has 2 aliphatic rings. The zero-order valence-corrected chi connectivity index (χ0v) is 23.2. The Bertz CT molecular complexity index is 1620. The van der Waals surface area contributed by atoms with Crippen LogP contribution in [0.1, 0.15) is 33.0 Å². The molecule has 6 rings (SSSR count). The highest BCUT2D eigenvalue weighted by Gasteiger charge is 2.56. The number of H-pyrrole nitrogens is 1. The lowest BCUT2D eigenvalue weighted by Crippen LogP contribution is -2.32. The van der Waals surface area contributed by atoms with Crippen LogP contribution in [0.15, 0.2) is 76.6 Å². The maximum atomic E-state index is 13.9. The topological polar surface area (TPSA) is 88.7 Å². The zero-order chi connectivity index (χ0) is 27.3. The highest BCUT2D eigenvalue weighted by Crippen LogP contribution is 2.53. The summed E-state index contributed by atoms with van der Waals surface area (Å²) in [4.78, 5) is 44.6. The van der Waals surface area contributed by atoms with Gasteiger partial charge in [0.25, 0.3) is 0 Å². The van der Waals surface area contributed by atoms with E-state index < -0.39 is 17.1 Å². The number of anilines is 1. The average Bonchev–Trinajstić information content (AvgIpc) is 3.43. The molecule has 39 heavy (non-hydrogen) atoms. The van der Waals surface area contributed by atoms with Crippen LogP contribution in [0.5, 0.6) is 11.5 Å². The van der Waals surface area contributed by atoms with Crippen molar-refractivity contribution in [3.63, 3.8) is 0 Å². The number of ether oxygens (including phenoxy) is 2. The molecular weight excluding hydrogens is 532 g/mol. The van der Waals surface area contributed by atoms with Gasteiger partial charge in [-0.1, -0.05) is 76.7 Å². The number of carbonyl (C=O) groups excluding carboxylic acids is 2. The van der Waals surface area contributed by atoms with Gasteiger partial charge in [0.2, 0.25) is 11.8 Å². The standard InChI is InChI=1S/C30H26N2O5S2/c1-16-4-8-18(9-5-16)15-37-21-13-10-19(14-22(21)36-3)23-24-26(38-27-25(23)39-30(35)31-27)29(34)32(28(24)33)20-11-6-17(2)7-12-20/h4-14,23-24,26H,15H2,1-3H3,(H,31,35)/t23-,24?,26?/m1/s1. The van der Waals surface area contributed by atoms with E-state index in [0.29, 0.717) is 28.8 Å². The Morgan fingerprint density at radius 1 is 0.872 bits per heavy atom. The number of rotatable bonds is 6. The van der Waals surface area contributed by atoms with Crippen LogP contribution >= 0.6 is 23.1 Å². The third kappa shape index (κ3) is 4.55. The first kappa shape index (κ1) is 25.5. The number of carbonyl (C=O) groups is 2. The number of imide groups is 1. The van der Waals surface area contributed by atoms with Crippen LogP contribution in [0.25, 0.3) is 0 Å². The fourth-order valence-corrected chi connectivity index (χ4v) is 7.68. The SMILES string of the molecule is COc1cc([C@H]2c3sc(=O)[nH]c3SC3C(=O)N(c4ccc(C)cc4)C(=O)C32)ccc1OCc1ccc(C)cc1. The molecule has 0 saturated carbocycles. The van der Waals surface area contributed by atoms with E-state index in [-0.39, 0.29) is 16.7 Å². The summed E-state index contributed by atoms with van der Waals surface area (Å²) in [5.41, 5.74) is 4.59. The highest BCUT2D eigenvalue weighted by atomic mass is 32.2. The second kappa shape index (κ2) is 10.1. The molecule has 198 valence electrons. The fourth-order valence-electron chi connectivity index (χ4n) is 5.17. The third-order valence-corrected chi connectivity index (χ3v) is 9.58. The fraction of sp³-hybridized carbons (Fsp3) is 0.233. The number of aromatic amines is 1. The number of amides is 2. The van der Waals surface area contributed by atoms with Gasteiger partial charge in [0.15, 0.2) is 11.5 Å². The summed E-state index contributed by atoms with van der Waals surface area (Å²) < 4.78 is 11.7. The Balaban J connectivity index is 1.37. The van der Waals surface area contributed by atoms with Crippen molar-refractivity contribution in [3.8, 4) is 11.5 Å². The molecule has 3 atom stereocenters. The Hall–Kier alpha value is -3.82. The lowest BCUT2D eigenvalue weighted by Gasteiger charge is -2.30. The molecule has 0 spiro atoms. The van der Waals surface area contributed by atoms with Crippen LogP contribution in [-0.4, -0.2) is 29.2 Å². The van der Waals surface area contributed by atoms with E-state index in [2.05, 4.69) is 4.98 Å². The molecule has 3 heterocycles. The van der Waals surface area contributed by atoms with E-state index in [1.54, 1.807) is 19.2 Å². The Morgan fingerprint density at radius 3 is 2.26 bits per heavy atom. The molecule has 3 aromatic carbocycles. The number of methoxy groups -OCH3 is 1. The molecular formula is C30H26N2O5S2. The Kier molecular flexibility index (Phi) is 6.56. The molecule has 1 aromatic heterocycles. The van der Waals surface area contributed by atoms with E-state index in [1.807, 2.05) is 68.4 Å². The molecule has 0 bridgehead atoms. The first-order valence-electron chi connectivity index (χ1n) is 12.5. The van der Waals surface area contributed by atoms with Gasteiger partial charge >= 0.3 is 4.87 Å². The van der Waals surface area contributed by atoms with Gasteiger partial charge in [-0.3, -0.25) is 14.4 Å². The molecule has 0 radical (unpaired) electrons. The van der Waals surface area contributed by atoms with Crippen molar-refractivity contribution in [2.75, 3.05) is 12.0 Å². The van der Waals surface area contributed by atoms with E-state index in [0.717, 1.165) is 32.9 Å². The molecule has 4 aromatic rings. The molecule has 0 aliphatic carbocycles. The summed E-state index contributed by atoms with van der Waals surface area (Å²) >= 11 is 2.35. The van der Waals surface area contributed by atoms with Gasteiger partial charge in [0, 0.05) is 10.8 Å². The summed E-state index contributed by atoms with van der Waals surface area (Å²) in [6.07, 6.45) is 0. The van der Waals surface area contributed by atoms with Crippen molar-refractivity contribution in [1.82, 2.24) is 4.98 Å². The summed E-state index contributed by atoms with van der Waals surface area (Å²) in [5.74, 6) is -0.593. The largest absolute Gasteiger partial charge is 0.493 e. The number of aromatic nitrogens is 1. The molecule has 1 N–H and O–H groups in total. The van der Waals surface area contributed by atoms with Crippen molar-refractivity contribution in [3.05, 3.63) is 104 Å². The van der Waals surface area contributed by atoms with Gasteiger partial charge in [0.05, 0.1) is 23.7 Å². The summed E-state index contributed by atoms with van der Waals surface area (Å²) in [6.45, 7) is 4.37. The minimum absolute atomic E-state index is 0.210. The lowest BCUT2D eigenvalue weighted by molar-refractivity contribution is -0.122. The zero-order valence-electron chi connectivity index (χ0n) is 21.6. The molecule has 1 saturated heterocycles. The average molecular weight is 559 g/mol. The predicted octanol–water partition coefficient (Wildman–Crippen LogP) is 5.44. The Labute approximate surface area is 233 Å². The number of fused-ring (bicyclic) bond motifs is 2. The van der Waals surface area contributed by atoms with E-state index in [4.69, 9.17) is 9.47 Å². The molecule has 2 unspecified atom stereocenters. The lowest BCUT2D eigenvalue weighted by atomic mass is 9.83. The van der Waals surface area contributed by atoms with Gasteiger partial charge < -0.3 is 14.5 Å². The summed E-state index contributed by atoms with van der Waals surface area (Å²) in [5, 5.41) is -0.00756. The third-order valence-electron chi connectivity index (χ3n) is 7.18. The van der Waals surface area contributed by atoms with Crippen molar-refractivity contribution in [2.45, 2.75) is 36.6 Å². The van der Waals surface area contributed by atoms with Crippen LogP contribution < -0.4 is 19.2 Å². The van der Waals surface area contributed by atoms with Gasteiger partial charge in [-0.05, 0) is 49.2 Å². The summed E-state index contributed by atoms with van der Waals surface area (Å²) in [7, 11) is 1.57. The number of hydrogen-bond donors (Lipinski definition) is 1. The predicted molar refractivity (Wildman–Crippen MR) is 152 cm³/mol. The van der Waals surface area contributed by atoms with Crippen LogP contribution in [-0.2, 0) is 16.2 Å². The number of hydrogen-bond acceptors (Lipinski definition) is 7. The maximum Gasteiger partial charge on any atom is 0.305 e. The molecule has 1 fully saturated rings. The normalized spacial score (nSPS) is 20.1. The van der Waals surface area contributed by atoms with Crippen LogP contribution in [0.2, 0.25) is 0 Å². The van der Waals surface area contributed by atoms with Gasteiger partial charge in [-0.2, -0.15) is 0 Å². The minimum Gasteiger partial charge on any atom is -0.493 e. The number of thioether (sulfide) groups is 1. The van der Waals surface area contributed by atoms with Crippen molar-refractivity contribution in [1.29, 1.82) is 0 Å². The van der Waals surface area contributed by atoms with E-state index in [9.17, 15) is 14.4 Å². The first-order chi connectivity index (χ1) is 18.8. The number of nitrogens with zero attached hydrogens (tertiary/aromatic N) is 1. The van der Waals surface area contributed by atoms with Crippen molar-refractivity contribution >= 4 is 40.6 Å². The molecule has 9 heteroatoms. The quantitative estimate of drug-likeness (QED) is 0.317. The van der Waals surface area contributed by atoms with Gasteiger partial charge in [-0.15, -0.1) is 0 Å². The van der Waals surface area contributed by atoms with Gasteiger partial charge in [0.1, 0.15) is 11.9 Å². The maximum absolute atomic E-state index is 13.9. The highest BCUT2D eigenvalue weighted by molar-refractivity contribution is 8.00. The molecule has 2 amide bonds. The number of benzene rings is 3. The van der Waals surface area contributed by atoms with Gasteiger partial charge in [-0.25, -0.2) is 4.90 Å². The molecule has 7 nitrogen and oxygen atoms in total. The molecule has 2 aliphatic heterocycles.